The molecule has 1 aromatic carbocycles. The lowest BCUT2D eigenvalue weighted by atomic mass is 9.97. The van der Waals surface area contributed by atoms with Crippen LogP contribution in [0.3, 0.4) is 0 Å². The van der Waals surface area contributed by atoms with Crippen LogP contribution in [0.25, 0.3) is 0 Å². The van der Waals surface area contributed by atoms with Crippen LogP contribution in [0.4, 0.5) is 0 Å². The van der Waals surface area contributed by atoms with E-state index in [1.54, 1.807) is 25.2 Å². The summed E-state index contributed by atoms with van der Waals surface area (Å²) < 4.78 is 31.4. The number of ether oxygens (including phenoxy) is 1. The van der Waals surface area contributed by atoms with Gasteiger partial charge >= 0.3 is 5.97 Å². The number of hydrogen-bond donors (Lipinski definition) is 1. The summed E-state index contributed by atoms with van der Waals surface area (Å²) in [6, 6.07) is 6.94. The van der Waals surface area contributed by atoms with Crippen LogP contribution in [0.1, 0.15) is 25.3 Å². The molecule has 164 valence electrons. The molecular weight excluding hydrogens is 507 g/mol. The van der Waals surface area contributed by atoms with Gasteiger partial charge in [0.05, 0.1) is 17.4 Å². The van der Waals surface area contributed by atoms with Crippen molar-refractivity contribution in [2.75, 3.05) is 40.8 Å². The Morgan fingerprint density at radius 1 is 1.28 bits per heavy atom. The molecule has 0 aromatic heterocycles. The van der Waals surface area contributed by atoms with Crippen molar-refractivity contribution in [1.82, 2.24) is 14.5 Å². The Morgan fingerprint density at radius 2 is 1.90 bits per heavy atom. The van der Waals surface area contributed by atoms with Crippen LogP contribution in [-0.4, -0.2) is 70.4 Å². The van der Waals surface area contributed by atoms with Crippen molar-refractivity contribution in [2.24, 2.45) is 10.9 Å². The number of nitrogens with zero attached hydrogens (tertiary/aromatic N) is 3. The minimum absolute atomic E-state index is 0. The lowest BCUT2D eigenvalue weighted by Gasteiger charge is -2.33. The van der Waals surface area contributed by atoms with Crippen molar-refractivity contribution >= 4 is 45.9 Å². The highest BCUT2D eigenvalue weighted by Gasteiger charge is 2.27. The van der Waals surface area contributed by atoms with Gasteiger partial charge in [-0.3, -0.25) is 9.79 Å². The number of nitrogens with one attached hydrogen (secondary N) is 1. The fourth-order valence-electron chi connectivity index (χ4n) is 3.19. The molecule has 0 aliphatic carbocycles. The maximum atomic E-state index is 12.5. The highest BCUT2D eigenvalue weighted by atomic mass is 127. The van der Waals surface area contributed by atoms with Gasteiger partial charge in [0.25, 0.3) is 0 Å². The van der Waals surface area contributed by atoms with E-state index in [4.69, 9.17) is 4.74 Å². The number of carbonyl (C=O) groups is 1. The Hall–Kier alpha value is -1.40. The van der Waals surface area contributed by atoms with Crippen molar-refractivity contribution < 1.29 is 17.9 Å². The maximum absolute atomic E-state index is 12.5. The summed E-state index contributed by atoms with van der Waals surface area (Å²) in [6.45, 7) is 3.94. The van der Waals surface area contributed by atoms with E-state index in [9.17, 15) is 13.2 Å². The summed E-state index contributed by atoms with van der Waals surface area (Å²) in [5, 5.41) is 3.25. The monoisotopic (exact) mass is 538 g/mol. The van der Waals surface area contributed by atoms with Crippen LogP contribution in [-0.2, 0) is 26.1 Å². The van der Waals surface area contributed by atoms with Gasteiger partial charge in [0.1, 0.15) is 0 Å². The summed E-state index contributed by atoms with van der Waals surface area (Å²) in [6.07, 6.45) is 1.43. The summed E-state index contributed by atoms with van der Waals surface area (Å²) in [7, 11) is 1.22. The van der Waals surface area contributed by atoms with Crippen LogP contribution in [0.5, 0.6) is 0 Å². The zero-order valence-electron chi connectivity index (χ0n) is 17.4. The van der Waals surface area contributed by atoms with Gasteiger partial charge in [-0.15, -0.1) is 24.0 Å². The molecule has 2 rings (SSSR count). The minimum atomic E-state index is -3.52. The molecule has 1 fully saturated rings. The third-order valence-corrected chi connectivity index (χ3v) is 6.71. The Kier molecular flexibility index (Phi) is 10.3. The van der Waals surface area contributed by atoms with Gasteiger partial charge in [-0.25, -0.2) is 12.7 Å². The summed E-state index contributed by atoms with van der Waals surface area (Å²) in [5.41, 5.74) is 0.679. The number of carbonyl (C=O) groups excluding carboxylic acids is 1. The molecule has 0 saturated carbocycles. The lowest BCUT2D eigenvalue weighted by Crippen LogP contribution is -2.46. The topological polar surface area (TPSA) is 91.3 Å². The van der Waals surface area contributed by atoms with Gasteiger partial charge in [0.15, 0.2) is 5.96 Å². The molecule has 0 unspecified atom stereocenters. The highest BCUT2D eigenvalue weighted by molar-refractivity contribution is 14.0. The number of esters is 1. The molecule has 0 amide bonds. The number of sulfonamides is 1. The first-order valence-corrected chi connectivity index (χ1v) is 10.9. The first-order valence-electron chi connectivity index (χ1n) is 9.44. The van der Waals surface area contributed by atoms with Crippen molar-refractivity contribution in [1.29, 1.82) is 0 Å². The number of likely N-dealkylation sites (tertiary alicyclic amines) is 1. The van der Waals surface area contributed by atoms with Gasteiger partial charge in [0.2, 0.25) is 10.0 Å². The predicted octanol–water partition coefficient (Wildman–Crippen LogP) is 1.91. The van der Waals surface area contributed by atoms with Crippen LogP contribution in [0.15, 0.2) is 34.2 Å². The smallest absolute Gasteiger partial charge is 0.309 e. The number of benzene rings is 1. The van der Waals surface area contributed by atoms with Gasteiger partial charge in [0, 0.05) is 40.8 Å². The lowest BCUT2D eigenvalue weighted by molar-refractivity contribution is -0.149. The largest absolute Gasteiger partial charge is 0.466 e. The third-order valence-electron chi connectivity index (χ3n) is 4.79. The van der Waals surface area contributed by atoms with Crippen LogP contribution in [0, 0.1) is 5.92 Å². The van der Waals surface area contributed by atoms with E-state index in [-0.39, 0.29) is 40.8 Å². The Balaban J connectivity index is 0.00000420. The average molecular weight is 538 g/mol. The molecule has 1 saturated heterocycles. The number of hydrogen-bond acceptors (Lipinski definition) is 5. The van der Waals surface area contributed by atoms with Crippen LogP contribution in [0.2, 0.25) is 0 Å². The third kappa shape index (κ3) is 6.54. The molecule has 1 aromatic rings. The van der Waals surface area contributed by atoms with Crippen molar-refractivity contribution in [2.45, 2.75) is 31.2 Å². The standard InChI is InChI=1S/C19H30N4O4S.HI/c1-5-27-18(24)15-10-12-23(13-11-15)19(20-2)21-14-16-8-6-7-9-17(16)28(25,26)22(3)4;/h6-9,15H,5,10-14H2,1-4H3,(H,20,21);1H. The molecule has 29 heavy (non-hydrogen) atoms. The normalized spacial score (nSPS) is 15.8. The SMILES string of the molecule is CCOC(=O)C1CCN(C(=NC)NCc2ccccc2S(=O)(=O)N(C)C)CC1.I. The van der Waals surface area contributed by atoms with Crippen molar-refractivity contribution in [3.05, 3.63) is 29.8 Å². The summed E-state index contributed by atoms with van der Waals surface area (Å²) in [5.74, 6) is 0.493. The van der Waals surface area contributed by atoms with Crippen LogP contribution >= 0.6 is 24.0 Å². The number of piperidine rings is 1. The van der Waals surface area contributed by atoms with Crippen molar-refractivity contribution in [3.8, 4) is 0 Å². The molecule has 8 nitrogen and oxygen atoms in total. The highest BCUT2D eigenvalue weighted by Crippen LogP contribution is 2.20. The second-order valence-electron chi connectivity index (χ2n) is 6.81. The Morgan fingerprint density at radius 3 is 2.45 bits per heavy atom. The van der Waals surface area contributed by atoms with Crippen LogP contribution < -0.4 is 5.32 Å². The number of rotatable bonds is 6. The number of guanidine groups is 1. The van der Waals surface area contributed by atoms with Crippen molar-refractivity contribution in [3.63, 3.8) is 0 Å². The van der Waals surface area contributed by atoms with E-state index in [1.807, 2.05) is 13.0 Å². The van der Waals surface area contributed by atoms with Gasteiger partial charge in [-0.1, -0.05) is 18.2 Å². The average Bonchev–Trinajstić information content (AvgIpc) is 2.69. The van der Waals surface area contributed by atoms with E-state index in [0.717, 1.165) is 0 Å². The van der Waals surface area contributed by atoms with E-state index in [2.05, 4.69) is 15.2 Å². The number of halogens is 1. The number of aliphatic imine (C=N–C) groups is 1. The second-order valence-corrected chi connectivity index (χ2v) is 8.93. The molecule has 1 aliphatic heterocycles. The second kappa shape index (κ2) is 11.7. The van der Waals surface area contributed by atoms with E-state index in [0.29, 0.717) is 50.6 Å². The minimum Gasteiger partial charge on any atom is -0.466 e. The van der Waals surface area contributed by atoms with E-state index < -0.39 is 10.0 Å². The molecular formula is C19H31IN4O4S. The summed E-state index contributed by atoms with van der Waals surface area (Å²) >= 11 is 0. The molecule has 0 spiro atoms. The quantitative estimate of drug-likeness (QED) is 0.258. The molecule has 0 atom stereocenters. The fraction of sp³-hybridized carbons (Fsp3) is 0.579. The molecule has 0 radical (unpaired) electrons. The molecule has 10 heteroatoms. The first kappa shape index (κ1) is 25.6. The maximum Gasteiger partial charge on any atom is 0.309 e. The predicted molar refractivity (Wildman–Crippen MR) is 124 cm³/mol. The molecule has 1 aliphatic rings. The van der Waals surface area contributed by atoms with E-state index >= 15 is 0 Å². The van der Waals surface area contributed by atoms with Gasteiger partial charge in [-0.2, -0.15) is 0 Å². The molecule has 1 heterocycles. The zero-order chi connectivity index (χ0) is 20.7. The van der Waals surface area contributed by atoms with Gasteiger partial charge in [-0.05, 0) is 31.4 Å². The first-order chi connectivity index (χ1) is 13.3. The Bertz CT molecular complexity index is 806. The molecule has 1 N–H and O–H groups in total. The molecule has 0 bridgehead atoms. The Labute approximate surface area is 190 Å². The summed E-state index contributed by atoms with van der Waals surface area (Å²) in [4.78, 5) is 18.6. The fourth-order valence-corrected chi connectivity index (χ4v) is 4.31. The zero-order valence-corrected chi connectivity index (χ0v) is 20.6. The van der Waals surface area contributed by atoms with Gasteiger partial charge < -0.3 is 15.0 Å². The van der Waals surface area contributed by atoms with E-state index in [1.165, 1.54) is 18.4 Å².